The second-order valence-corrected chi connectivity index (χ2v) is 6.27. The molecule has 2 atom stereocenters. The average Bonchev–Trinajstić information content (AvgIpc) is 2.90. The lowest BCUT2D eigenvalue weighted by Gasteiger charge is -2.32. The van der Waals surface area contributed by atoms with E-state index in [2.05, 4.69) is 15.5 Å². The summed E-state index contributed by atoms with van der Waals surface area (Å²) in [5.74, 6) is 0.0560. The molecule has 0 spiro atoms. The van der Waals surface area contributed by atoms with E-state index in [1.807, 2.05) is 32.2 Å². The molecule has 0 bridgehead atoms. The van der Waals surface area contributed by atoms with Crippen LogP contribution in [0.25, 0.3) is 0 Å². The first-order valence-corrected chi connectivity index (χ1v) is 8.02. The van der Waals surface area contributed by atoms with Gasteiger partial charge in [-0.3, -0.25) is 9.69 Å². The van der Waals surface area contributed by atoms with Crippen molar-refractivity contribution in [2.45, 2.75) is 44.7 Å². The number of anilines is 1. The van der Waals surface area contributed by atoms with Crippen molar-refractivity contribution in [3.8, 4) is 0 Å². The summed E-state index contributed by atoms with van der Waals surface area (Å²) < 4.78 is 0. The number of amides is 1. The summed E-state index contributed by atoms with van der Waals surface area (Å²) in [6.45, 7) is 4.35. The maximum Gasteiger partial charge on any atom is 0.253 e. The largest absolute Gasteiger partial charge is 0.387 e. The minimum atomic E-state index is 0.0560. The fourth-order valence-electron chi connectivity index (χ4n) is 3.73. The smallest absolute Gasteiger partial charge is 0.253 e. The maximum absolute atomic E-state index is 12.6. The van der Waals surface area contributed by atoms with Gasteiger partial charge in [0.15, 0.2) is 0 Å². The number of piperidine rings is 1. The van der Waals surface area contributed by atoms with Gasteiger partial charge in [0.1, 0.15) is 0 Å². The Balaban J connectivity index is 1.73. The van der Waals surface area contributed by atoms with Crippen LogP contribution in [0.2, 0.25) is 0 Å². The van der Waals surface area contributed by atoms with Crippen molar-refractivity contribution in [3.05, 3.63) is 29.3 Å². The van der Waals surface area contributed by atoms with Crippen molar-refractivity contribution in [1.29, 1.82) is 0 Å². The first-order chi connectivity index (χ1) is 10.2. The van der Waals surface area contributed by atoms with Crippen LogP contribution < -0.4 is 10.6 Å². The summed E-state index contributed by atoms with van der Waals surface area (Å²) in [5.41, 5.74) is 2.77. The summed E-state index contributed by atoms with van der Waals surface area (Å²) in [7, 11) is 1.86. The normalized spacial score (nSPS) is 25.4. The minimum absolute atomic E-state index is 0.0560. The monoisotopic (exact) mass is 287 g/mol. The molecule has 4 nitrogen and oxygen atoms in total. The molecule has 2 unspecified atom stereocenters. The van der Waals surface area contributed by atoms with Gasteiger partial charge in [-0.15, -0.1) is 0 Å². The molecule has 2 saturated heterocycles. The molecular weight excluding hydrogens is 262 g/mol. The lowest BCUT2D eigenvalue weighted by molar-refractivity contribution is 0.0916. The lowest BCUT2D eigenvalue weighted by atomic mass is 9.98. The van der Waals surface area contributed by atoms with Gasteiger partial charge in [-0.2, -0.15) is 0 Å². The van der Waals surface area contributed by atoms with Crippen LogP contribution in [0.1, 0.15) is 41.6 Å². The molecule has 0 aromatic heterocycles. The van der Waals surface area contributed by atoms with Gasteiger partial charge in [-0.25, -0.2) is 0 Å². The zero-order chi connectivity index (χ0) is 14.8. The molecule has 0 radical (unpaired) electrons. The van der Waals surface area contributed by atoms with E-state index in [1.54, 1.807) is 0 Å². The van der Waals surface area contributed by atoms with E-state index in [1.165, 1.54) is 25.8 Å². The Labute approximate surface area is 126 Å². The van der Waals surface area contributed by atoms with Crippen molar-refractivity contribution in [3.63, 3.8) is 0 Å². The van der Waals surface area contributed by atoms with Crippen molar-refractivity contribution in [2.75, 3.05) is 25.5 Å². The van der Waals surface area contributed by atoms with Crippen LogP contribution >= 0.6 is 0 Å². The van der Waals surface area contributed by atoms with Crippen LogP contribution in [0.15, 0.2) is 18.2 Å². The van der Waals surface area contributed by atoms with Crippen LogP contribution in [0, 0.1) is 6.92 Å². The Hall–Kier alpha value is -1.55. The van der Waals surface area contributed by atoms with E-state index < -0.39 is 0 Å². The number of rotatable bonds is 3. The van der Waals surface area contributed by atoms with E-state index in [4.69, 9.17) is 0 Å². The van der Waals surface area contributed by atoms with E-state index >= 15 is 0 Å². The summed E-state index contributed by atoms with van der Waals surface area (Å²) in [6, 6.07) is 6.83. The SMILES string of the molecule is CNc1ccc(C)cc1C(=O)NC1CCN2CCCCC12. The standard InChI is InChI=1S/C17H25N3O/c1-12-6-7-14(18-2)13(11-12)17(21)19-15-8-10-20-9-4-3-5-16(15)20/h6-7,11,15-16,18H,3-5,8-10H2,1-2H3,(H,19,21). The highest BCUT2D eigenvalue weighted by molar-refractivity contribution is 6.00. The molecule has 1 aromatic rings. The quantitative estimate of drug-likeness (QED) is 0.897. The van der Waals surface area contributed by atoms with E-state index in [0.717, 1.165) is 29.8 Å². The number of aryl methyl sites for hydroxylation is 1. The van der Waals surface area contributed by atoms with E-state index in [0.29, 0.717) is 12.1 Å². The molecule has 4 heteroatoms. The Morgan fingerprint density at radius 2 is 2.10 bits per heavy atom. The lowest BCUT2D eigenvalue weighted by Crippen LogP contribution is -2.46. The van der Waals surface area contributed by atoms with E-state index in [-0.39, 0.29) is 5.91 Å². The van der Waals surface area contributed by atoms with Crippen molar-refractivity contribution >= 4 is 11.6 Å². The van der Waals surface area contributed by atoms with Crippen LogP contribution in [-0.4, -0.2) is 43.0 Å². The third-order valence-electron chi connectivity index (χ3n) is 4.86. The molecule has 21 heavy (non-hydrogen) atoms. The molecule has 2 heterocycles. The molecule has 0 aliphatic carbocycles. The second-order valence-electron chi connectivity index (χ2n) is 6.27. The topological polar surface area (TPSA) is 44.4 Å². The summed E-state index contributed by atoms with van der Waals surface area (Å²) in [6.07, 6.45) is 4.90. The molecule has 1 aromatic carbocycles. The van der Waals surface area contributed by atoms with Crippen LogP contribution in [-0.2, 0) is 0 Å². The highest BCUT2D eigenvalue weighted by Crippen LogP contribution is 2.27. The molecule has 3 rings (SSSR count). The fourth-order valence-corrected chi connectivity index (χ4v) is 3.73. The van der Waals surface area contributed by atoms with Gasteiger partial charge in [0.2, 0.25) is 0 Å². The molecule has 2 fully saturated rings. The van der Waals surface area contributed by atoms with Crippen molar-refractivity contribution < 1.29 is 4.79 Å². The second kappa shape index (κ2) is 6.06. The third-order valence-corrected chi connectivity index (χ3v) is 4.86. The Morgan fingerprint density at radius 3 is 2.90 bits per heavy atom. The van der Waals surface area contributed by atoms with Gasteiger partial charge in [-0.1, -0.05) is 18.1 Å². The number of nitrogens with one attached hydrogen (secondary N) is 2. The highest BCUT2D eigenvalue weighted by Gasteiger charge is 2.36. The third kappa shape index (κ3) is 2.91. The first-order valence-electron chi connectivity index (χ1n) is 8.02. The van der Waals surface area contributed by atoms with Gasteiger partial charge in [0.25, 0.3) is 5.91 Å². The van der Waals surface area contributed by atoms with Gasteiger partial charge < -0.3 is 10.6 Å². The number of carbonyl (C=O) groups is 1. The number of hydrogen-bond acceptors (Lipinski definition) is 3. The Morgan fingerprint density at radius 1 is 1.24 bits per heavy atom. The number of fused-ring (bicyclic) bond motifs is 1. The molecule has 2 aliphatic rings. The molecule has 1 amide bonds. The first kappa shape index (κ1) is 14.4. The van der Waals surface area contributed by atoms with Crippen molar-refractivity contribution in [1.82, 2.24) is 10.2 Å². The number of hydrogen-bond donors (Lipinski definition) is 2. The summed E-state index contributed by atoms with van der Waals surface area (Å²) in [4.78, 5) is 15.2. The van der Waals surface area contributed by atoms with Gasteiger partial charge in [0, 0.05) is 31.4 Å². The average molecular weight is 287 g/mol. The van der Waals surface area contributed by atoms with Gasteiger partial charge in [-0.05, 0) is 44.9 Å². The maximum atomic E-state index is 12.6. The molecule has 114 valence electrons. The zero-order valence-electron chi connectivity index (χ0n) is 13.0. The van der Waals surface area contributed by atoms with Gasteiger partial charge in [0.05, 0.1) is 5.56 Å². The van der Waals surface area contributed by atoms with Crippen LogP contribution in [0.3, 0.4) is 0 Å². The highest BCUT2D eigenvalue weighted by atomic mass is 16.1. The number of nitrogens with zero attached hydrogens (tertiary/aromatic N) is 1. The van der Waals surface area contributed by atoms with Crippen LogP contribution in [0.4, 0.5) is 5.69 Å². The zero-order valence-corrected chi connectivity index (χ0v) is 13.0. The Bertz CT molecular complexity index is 529. The van der Waals surface area contributed by atoms with E-state index in [9.17, 15) is 4.79 Å². The predicted octanol–water partition coefficient (Wildman–Crippen LogP) is 2.39. The predicted molar refractivity (Wildman–Crippen MR) is 85.8 cm³/mol. The number of carbonyl (C=O) groups excluding carboxylic acids is 1. The molecular formula is C17H25N3O. The minimum Gasteiger partial charge on any atom is -0.387 e. The summed E-state index contributed by atoms with van der Waals surface area (Å²) >= 11 is 0. The molecule has 2 N–H and O–H groups in total. The molecule has 0 saturated carbocycles. The fraction of sp³-hybridized carbons (Fsp3) is 0.588. The van der Waals surface area contributed by atoms with Crippen LogP contribution in [0.5, 0.6) is 0 Å². The molecule has 2 aliphatic heterocycles. The van der Waals surface area contributed by atoms with Gasteiger partial charge >= 0.3 is 0 Å². The Kier molecular flexibility index (Phi) is 4.15. The summed E-state index contributed by atoms with van der Waals surface area (Å²) in [5, 5.41) is 6.39. The van der Waals surface area contributed by atoms with Crippen molar-refractivity contribution in [2.24, 2.45) is 0 Å². The number of benzene rings is 1.